The number of aryl methyl sites for hydroxylation is 1. The van der Waals surface area contributed by atoms with Crippen LogP contribution in [-0.4, -0.2) is 21.3 Å². The Morgan fingerprint density at radius 3 is 2.76 bits per heavy atom. The zero-order chi connectivity index (χ0) is 15.0. The molecule has 1 aromatic heterocycles. The molecule has 0 aliphatic carbocycles. The zero-order valence-corrected chi connectivity index (χ0v) is 13.2. The largest absolute Gasteiger partial charge is 0.278 e. The number of nitrogens with one attached hydrogen (secondary N) is 1. The van der Waals surface area contributed by atoms with E-state index in [1.807, 2.05) is 18.2 Å². The Morgan fingerprint density at radius 1 is 1.33 bits per heavy atom. The van der Waals surface area contributed by atoms with Crippen molar-refractivity contribution in [3.63, 3.8) is 0 Å². The monoisotopic (exact) mass is 336 g/mol. The van der Waals surface area contributed by atoms with Gasteiger partial charge in [-0.05, 0) is 36.4 Å². The van der Waals surface area contributed by atoms with Crippen molar-refractivity contribution in [3.8, 4) is 0 Å². The van der Waals surface area contributed by atoms with Crippen LogP contribution in [0.15, 0.2) is 29.2 Å². The van der Waals surface area contributed by atoms with E-state index < -0.39 is 0 Å². The molecule has 1 fully saturated rings. The van der Waals surface area contributed by atoms with E-state index in [2.05, 4.69) is 10.2 Å². The van der Waals surface area contributed by atoms with E-state index in [1.165, 1.54) is 16.2 Å². The number of halogens is 1. The van der Waals surface area contributed by atoms with Gasteiger partial charge in [-0.2, -0.15) is 0 Å². The Labute approximate surface area is 134 Å². The van der Waals surface area contributed by atoms with E-state index in [0.717, 1.165) is 22.3 Å². The molecule has 3 rings (SSSR count). The van der Waals surface area contributed by atoms with Crippen molar-refractivity contribution in [3.05, 3.63) is 44.8 Å². The molecule has 1 amide bonds. The molecule has 0 bridgehead atoms. The van der Waals surface area contributed by atoms with E-state index in [1.54, 1.807) is 19.1 Å². The number of amidine groups is 1. The molecule has 1 aromatic carbocycles. The van der Waals surface area contributed by atoms with Crippen LogP contribution in [0.5, 0.6) is 0 Å². The summed E-state index contributed by atoms with van der Waals surface area (Å²) in [5.41, 5.74) is 0.748. The molecule has 0 spiro atoms. The first kappa shape index (κ1) is 14.2. The van der Waals surface area contributed by atoms with Gasteiger partial charge in [0.25, 0.3) is 5.91 Å². The number of hydrogen-bond acceptors (Lipinski definition) is 6. The Hall–Kier alpha value is -1.70. The van der Waals surface area contributed by atoms with Crippen molar-refractivity contribution in [2.45, 2.75) is 6.92 Å². The number of nitrogens with zero attached hydrogens (tertiary/aromatic N) is 3. The predicted octanol–water partition coefficient (Wildman–Crippen LogP) is 3.56. The molecular formula is C13H9ClN4OS2. The van der Waals surface area contributed by atoms with Crippen molar-refractivity contribution in [1.29, 1.82) is 5.41 Å². The maximum absolute atomic E-state index is 12.4. The summed E-state index contributed by atoms with van der Waals surface area (Å²) in [6, 6.07) is 7.26. The number of benzene rings is 1. The lowest BCUT2D eigenvalue weighted by Gasteiger charge is -2.08. The summed E-state index contributed by atoms with van der Waals surface area (Å²) >= 11 is 8.46. The van der Waals surface area contributed by atoms with E-state index in [-0.39, 0.29) is 11.1 Å². The van der Waals surface area contributed by atoms with Crippen LogP contribution in [0.2, 0.25) is 5.02 Å². The molecule has 2 aromatic rings. The molecular weight excluding hydrogens is 328 g/mol. The topological polar surface area (TPSA) is 69.9 Å². The second-order valence-electron chi connectivity index (χ2n) is 4.18. The van der Waals surface area contributed by atoms with Crippen LogP contribution < -0.4 is 4.90 Å². The SMILES string of the molecule is Cc1nnc(N2C(=N)S/C(=C/c3ccccc3Cl)C2=O)s1. The molecule has 21 heavy (non-hydrogen) atoms. The van der Waals surface area contributed by atoms with Gasteiger partial charge in [-0.15, -0.1) is 10.2 Å². The van der Waals surface area contributed by atoms with Crippen molar-refractivity contribution < 1.29 is 4.79 Å². The van der Waals surface area contributed by atoms with Crippen LogP contribution in [-0.2, 0) is 4.79 Å². The quantitative estimate of drug-likeness (QED) is 0.851. The fraction of sp³-hybridized carbons (Fsp3) is 0.0769. The van der Waals surface area contributed by atoms with Gasteiger partial charge >= 0.3 is 0 Å². The number of carbonyl (C=O) groups is 1. The third kappa shape index (κ3) is 2.72. The van der Waals surface area contributed by atoms with Crippen LogP contribution in [0.25, 0.3) is 6.08 Å². The standard InChI is InChI=1S/C13H9ClN4OS2/c1-7-16-17-13(20-7)18-11(19)10(21-12(18)15)6-8-4-2-3-5-9(8)14/h2-6,15H,1H3/b10-6+,15-12?. The third-order valence-corrected chi connectivity index (χ3v) is 4.78. The van der Waals surface area contributed by atoms with E-state index in [4.69, 9.17) is 17.0 Å². The number of rotatable bonds is 2. The fourth-order valence-corrected chi connectivity index (χ4v) is 3.55. The minimum Gasteiger partial charge on any atom is -0.278 e. The van der Waals surface area contributed by atoms with Gasteiger partial charge < -0.3 is 0 Å². The third-order valence-electron chi connectivity index (χ3n) is 2.72. The van der Waals surface area contributed by atoms with Gasteiger partial charge in [-0.3, -0.25) is 10.2 Å². The lowest BCUT2D eigenvalue weighted by atomic mass is 10.2. The van der Waals surface area contributed by atoms with E-state index >= 15 is 0 Å². The number of hydrogen-bond donors (Lipinski definition) is 1. The fourth-order valence-electron chi connectivity index (χ4n) is 1.77. The maximum Gasteiger partial charge on any atom is 0.273 e. The maximum atomic E-state index is 12.4. The summed E-state index contributed by atoms with van der Waals surface area (Å²) in [7, 11) is 0. The molecule has 1 saturated heterocycles. The summed E-state index contributed by atoms with van der Waals surface area (Å²) in [6.07, 6.45) is 1.69. The van der Waals surface area contributed by atoms with Gasteiger partial charge in [0.2, 0.25) is 5.13 Å². The first-order valence-electron chi connectivity index (χ1n) is 5.93. The summed E-state index contributed by atoms with van der Waals surface area (Å²) in [5.74, 6) is -0.277. The molecule has 106 valence electrons. The molecule has 0 radical (unpaired) electrons. The minimum absolute atomic E-state index is 0.120. The van der Waals surface area contributed by atoms with Crippen LogP contribution in [0, 0.1) is 12.3 Å². The molecule has 1 aliphatic rings. The second kappa shape index (κ2) is 5.59. The highest BCUT2D eigenvalue weighted by Gasteiger charge is 2.35. The average molecular weight is 337 g/mol. The Bertz CT molecular complexity index is 771. The molecule has 1 N–H and O–H groups in total. The van der Waals surface area contributed by atoms with Crippen molar-refractivity contribution in [2.75, 3.05) is 4.90 Å². The second-order valence-corrected chi connectivity index (χ2v) is 6.78. The number of thioether (sulfide) groups is 1. The molecule has 0 atom stereocenters. The van der Waals surface area contributed by atoms with Gasteiger partial charge in [0.05, 0.1) is 4.91 Å². The number of amides is 1. The van der Waals surface area contributed by atoms with Crippen LogP contribution in [0.1, 0.15) is 10.6 Å². The Balaban J connectivity index is 1.96. The lowest BCUT2D eigenvalue weighted by Crippen LogP contribution is -2.27. The normalized spacial score (nSPS) is 17.0. The van der Waals surface area contributed by atoms with Crippen molar-refractivity contribution in [1.82, 2.24) is 10.2 Å². The first-order valence-corrected chi connectivity index (χ1v) is 7.94. The van der Waals surface area contributed by atoms with Gasteiger partial charge in [-0.1, -0.05) is 41.1 Å². The summed E-state index contributed by atoms with van der Waals surface area (Å²) in [6.45, 7) is 1.80. The molecule has 0 saturated carbocycles. The van der Waals surface area contributed by atoms with Crippen molar-refractivity contribution in [2.24, 2.45) is 0 Å². The zero-order valence-electron chi connectivity index (χ0n) is 10.8. The number of anilines is 1. The smallest absolute Gasteiger partial charge is 0.273 e. The van der Waals surface area contributed by atoms with Crippen LogP contribution >= 0.6 is 34.7 Å². The van der Waals surface area contributed by atoms with E-state index in [9.17, 15) is 4.79 Å². The molecule has 8 heteroatoms. The lowest BCUT2D eigenvalue weighted by molar-refractivity contribution is -0.113. The van der Waals surface area contributed by atoms with Gasteiger partial charge in [0.15, 0.2) is 5.17 Å². The average Bonchev–Trinajstić information content (AvgIpc) is 2.97. The minimum atomic E-state index is -0.277. The van der Waals surface area contributed by atoms with Crippen molar-refractivity contribution >= 4 is 57.0 Å². The summed E-state index contributed by atoms with van der Waals surface area (Å²) in [4.78, 5) is 14.1. The Morgan fingerprint density at radius 2 is 2.10 bits per heavy atom. The predicted molar refractivity (Wildman–Crippen MR) is 86.9 cm³/mol. The summed E-state index contributed by atoms with van der Waals surface area (Å²) in [5, 5.41) is 17.6. The first-order chi connectivity index (χ1) is 10.1. The molecule has 1 aliphatic heterocycles. The molecule has 5 nitrogen and oxygen atoms in total. The molecule has 2 heterocycles. The van der Waals surface area contributed by atoms with Crippen LogP contribution in [0.4, 0.5) is 5.13 Å². The molecule has 0 unspecified atom stereocenters. The number of aromatic nitrogens is 2. The highest BCUT2D eigenvalue weighted by molar-refractivity contribution is 8.19. The van der Waals surface area contributed by atoms with Crippen LogP contribution in [0.3, 0.4) is 0 Å². The van der Waals surface area contributed by atoms with E-state index in [0.29, 0.717) is 15.1 Å². The summed E-state index contributed by atoms with van der Waals surface area (Å²) < 4.78 is 0. The highest BCUT2D eigenvalue weighted by Crippen LogP contribution is 2.36. The Kier molecular flexibility index (Phi) is 3.79. The number of carbonyl (C=O) groups excluding carboxylic acids is 1. The van der Waals surface area contributed by atoms with Gasteiger partial charge in [-0.25, -0.2) is 4.90 Å². The van der Waals surface area contributed by atoms with Gasteiger partial charge in [0.1, 0.15) is 5.01 Å². The highest BCUT2D eigenvalue weighted by atomic mass is 35.5. The van der Waals surface area contributed by atoms with Gasteiger partial charge in [0, 0.05) is 5.02 Å².